The lowest BCUT2D eigenvalue weighted by Gasteiger charge is -2.27. The van der Waals surface area contributed by atoms with Crippen LogP contribution in [0.25, 0.3) is 0 Å². The number of benzene rings is 5. The lowest BCUT2D eigenvalue weighted by atomic mass is 10.2. The highest BCUT2D eigenvalue weighted by Gasteiger charge is 2.45. The van der Waals surface area contributed by atoms with Crippen LogP contribution < -0.4 is 32.9 Å². The van der Waals surface area contributed by atoms with Gasteiger partial charge >= 0.3 is 0 Å². The van der Waals surface area contributed by atoms with E-state index in [1.165, 1.54) is 27.0 Å². The van der Waals surface area contributed by atoms with Gasteiger partial charge in [-0.25, -0.2) is 0 Å². The van der Waals surface area contributed by atoms with E-state index in [1.807, 2.05) is 12.1 Å². The van der Waals surface area contributed by atoms with Gasteiger partial charge in [0, 0.05) is 0 Å². The van der Waals surface area contributed by atoms with Crippen molar-refractivity contribution in [3.05, 3.63) is 151 Å². The van der Waals surface area contributed by atoms with Crippen molar-refractivity contribution in [3.63, 3.8) is 0 Å². The molecule has 0 saturated carbocycles. The second-order valence-corrected chi connectivity index (χ2v) is 12.2. The highest BCUT2D eigenvalue weighted by Crippen LogP contribution is 2.58. The Bertz CT molecular complexity index is 1290. The van der Waals surface area contributed by atoms with Gasteiger partial charge in [0.1, 0.15) is 23.2 Å². The summed E-state index contributed by atoms with van der Waals surface area (Å²) in [5.41, 5.74) is 4.23. The molecule has 0 aliphatic carbocycles. The Labute approximate surface area is 224 Å². The van der Waals surface area contributed by atoms with Crippen LogP contribution in [0.5, 0.6) is 0 Å². The molecule has 0 aliphatic heterocycles. The van der Waals surface area contributed by atoms with E-state index < -0.39 is 7.26 Å². The number of halogens is 1. The summed E-state index contributed by atoms with van der Waals surface area (Å²) in [6.07, 6.45) is 0.945. The van der Waals surface area contributed by atoms with Crippen LogP contribution >= 0.6 is 7.26 Å². The van der Waals surface area contributed by atoms with Crippen LogP contribution in [0.15, 0.2) is 150 Å². The third-order valence-electron chi connectivity index (χ3n) is 6.26. The molecule has 2 nitrogen and oxygen atoms in total. The molecule has 0 aromatic heterocycles. The maximum absolute atomic E-state index is 4.45. The third-order valence-corrected chi connectivity index (χ3v) is 10.6. The quantitative estimate of drug-likeness (QED) is 0.203. The summed E-state index contributed by atoms with van der Waals surface area (Å²) >= 11 is 0. The summed E-state index contributed by atoms with van der Waals surface area (Å²) in [7, 11) is -1.91. The number of hydrogen-bond donors (Lipinski definition) is 0. The molecule has 5 aromatic rings. The Balaban J connectivity index is 0.00000304. The maximum atomic E-state index is 4.45. The summed E-state index contributed by atoms with van der Waals surface area (Å²) < 4.78 is 0. The zero-order valence-corrected chi connectivity index (χ0v) is 22.7. The predicted octanol–water partition coefficient (Wildman–Crippen LogP) is 4.91. The van der Waals surface area contributed by atoms with Crippen LogP contribution in [0.4, 0.5) is 11.4 Å². The van der Waals surface area contributed by atoms with E-state index in [0.29, 0.717) is 0 Å². The van der Waals surface area contributed by atoms with Crippen molar-refractivity contribution in [1.29, 1.82) is 0 Å². The monoisotopic (exact) mass is 550 g/mol. The van der Waals surface area contributed by atoms with E-state index in [2.05, 4.69) is 145 Å². The van der Waals surface area contributed by atoms with Crippen LogP contribution in [0, 0.1) is 6.92 Å². The lowest BCUT2D eigenvalue weighted by Crippen LogP contribution is -3.00. The van der Waals surface area contributed by atoms with E-state index in [-0.39, 0.29) is 17.0 Å². The molecular weight excluding hydrogens is 523 g/mol. The fourth-order valence-corrected chi connectivity index (χ4v) is 8.68. The molecule has 0 radical (unpaired) electrons. The van der Waals surface area contributed by atoms with Crippen molar-refractivity contribution in [1.82, 2.24) is 0 Å². The van der Waals surface area contributed by atoms with E-state index in [1.54, 1.807) is 0 Å². The topological polar surface area (TPSA) is 24.7 Å². The predicted molar refractivity (Wildman–Crippen MR) is 151 cm³/mol. The number of nitrogens with zero attached hydrogens (tertiary/aromatic N) is 2. The first-order valence-corrected chi connectivity index (χ1v) is 13.8. The Morgan fingerprint density at radius 1 is 0.472 bits per heavy atom. The molecule has 4 heteroatoms. The zero-order valence-electron chi connectivity index (χ0n) is 20.2. The average Bonchev–Trinajstić information content (AvgIpc) is 2.93. The van der Waals surface area contributed by atoms with Crippen molar-refractivity contribution >= 4 is 34.6 Å². The van der Waals surface area contributed by atoms with Crippen LogP contribution in [-0.2, 0) is 6.16 Å². The zero-order chi connectivity index (χ0) is 23.9. The third kappa shape index (κ3) is 5.70. The summed E-state index contributed by atoms with van der Waals surface area (Å²) in [6.45, 7) is 2.07. The molecule has 178 valence electrons. The molecule has 0 atom stereocenters. The Hall–Kier alpha value is -3.39. The Kier molecular flexibility index (Phi) is 8.59. The van der Waals surface area contributed by atoms with Gasteiger partial charge in [-0.15, -0.1) is 0 Å². The van der Waals surface area contributed by atoms with Gasteiger partial charge in [0.25, 0.3) is 0 Å². The van der Waals surface area contributed by atoms with Crippen LogP contribution in [0.2, 0.25) is 0 Å². The summed E-state index contributed by atoms with van der Waals surface area (Å²) in [4.78, 5) is 0. The largest absolute Gasteiger partial charge is 1.00 e. The van der Waals surface area contributed by atoms with Crippen LogP contribution in [-0.4, -0.2) is 0 Å². The first kappa shape index (κ1) is 25.7. The summed E-state index contributed by atoms with van der Waals surface area (Å²) in [5, 5.41) is 13.0. The Morgan fingerprint density at radius 2 is 0.833 bits per heavy atom. The fraction of sp³-hybridized carbons (Fsp3) is 0.0625. The van der Waals surface area contributed by atoms with E-state index >= 15 is 0 Å². The van der Waals surface area contributed by atoms with Gasteiger partial charge in [0.05, 0.1) is 17.5 Å². The fourth-order valence-electron chi connectivity index (χ4n) is 4.44. The smallest absolute Gasteiger partial charge is 0.116 e. The molecule has 0 amide bonds. The molecule has 5 rings (SSSR count). The minimum absolute atomic E-state index is 0. The number of rotatable bonds is 7. The average molecular weight is 551 g/mol. The number of azo groups is 1. The number of aryl methyl sites for hydroxylation is 1. The van der Waals surface area contributed by atoms with Gasteiger partial charge in [-0.1, -0.05) is 84.4 Å². The Morgan fingerprint density at radius 3 is 1.22 bits per heavy atom. The van der Waals surface area contributed by atoms with Crippen molar-refractivity contribution in [3.8, 4) is 0 Å². The van der Waals surface area contributed by atoms with Crippen LogP contribution in [0.3, 0.4) is 0 Å². The van der Waals surface area contributed by atoms with Gasteiger partial charge in [-0.05, 0) is 73.2 Å². The minimum atomic E-state index is -1.91. The highest BCUT2D eigenvalue weighted by atomic mass is 79.9. The number of hydrogen-bond acceptors (Lipinski definition) is 2. The molecule has 5 aromatic carbocycles. The van der Waals surface area contributed by atoms with Gasteiger partial charge < -0.3 is 17.0 Å². The molecule has 0 unspecified atom stereocenters. The second kappa shape index (κ2) is 12.0. The highest BCUT2D eigenvalue weighted by molar-refractivity contribution is 7.95. The molecule has 0 aliphatic rings. The second-order valence-electron chi connectivity index (χ2n) is 8.68. The van der Waals surface area contributed by atoms with Gasteiger partial charge in [-0.3, -0.25) is 0 Å². The molecule has 0 saturated heterocycles. The van der Waals surface area contributed by atoms with E-state index in [0.717, 1.165) is 17.5 Å². The summed E-state index contributed by atoms with van der Waals surface area (Å²) in [5.74, 6) is 0. The van der Waals surface area contributed by atoms with Gasteiger partial charge in [0.2, 0.25) is 0 Å². The molecular formula is C32H28BrN2P. The van der Waals surface area contributed by atoms with E-state index in [4.69, 9.17) is 0 Å². The normalized spacial score (nSPS) is 11.2. The van der Waals surface area contributed by atoms with E-state index in [9.17, 15) is 0 Å². The molecule has 0 N–H and O–H groups in total. The van der Waals surface area contributed by atoms with Gasteiger partial charge in [-0.2, -0.15) is 10.2 Å². The maximum Gasteiger partial charge on any atom is 0.116 e. The molecule has 0 heterocycles. The molecule has 0 spiro atoms. The summed E-state index contributed by atoms with van der Waals surface area (Å²) in [6, 6.07) is 49.6. The van der Waals surface area contributed by atoms with Crippen molar-refractivity contribution in [2.24, 2.45) is 10.2 Å². The van der Waals surface area contributed by atoms with Gasteiger partial charge in [0.15, 0.2) is 0 Å². The lowest BCUT2D eigenvalue weighted by molar-refractivity contribution is -0.00000695. The SMILES string of the molecule is Cc1ccc(N=Nc2ccc(C[P+](c3ccccc3)(c3ccccc3)c3ccccc3)cc2)cc1.[Br-]. The molecule has 36 heavy (non-hydrogen) atoms. The van der Waals surface area contributed by atoms with Crippen molar-refractivity contribution in [2.45, 2.75) is 13.1 Å². The van der Waals surface area contributed by atoms with Crippen LogP contribution in [0.1, 0.15) is 11.1 Å². The first-order valence-electron chi connectivity index (χ1n) is 11.9. The van der Waals surface area contributed by atoms with Crippen molar-refractivity contribution < 1.29 is 17.0 Å². The van der Waals surface area contributed by atoms with Crippen molar-refractivity contribution in [2.75, 3.05) is 0 Å². The molecule has 0 bridgehead atoms. The first-order chi connectivity index (χ1) is 17.2. The minimum Gasteiger partial charge on any atom is -1.00 e. The molecule has 0 fully saturated rings. The standard InChI is InChI=1S/C32H28N2P.BrH/c1-26-17-21-28(22-18-26)33-34-29-23-19-27(20-24-29)25-35(30-11-5-2-6-12-30,31-13-7-3-8-14-31)32-15-9-4-10-16-32;/h2-24H,25H2,1H3;1H/q+1;/p-1.